The summed E-state index contributed by atoms with van der Waals surface area (Å²) in [6.45, 7) is 14.6. The number of halogens is 3. The number of nitrogens with zero attached hydrogens (tertiary/aromatic N) is 3. The van der Waals surface area contributed by atoms with Gasteiger partial charge in [0, 0.05) is 12.0 Å². The summed E-state index contributed by atoms with van der Waals surface area (Å²) in [5.74, 6) is 0.982. The van der Waals surface area contributed by atoms with Gasteiger partial charge in [0.2, 0.25) is 0 Å². The summed E-state index contributed by atoms with van der Waals surface area (Å²) < 4.78 is 39.4. The van der Waals surface area contributed by atoms with Crippen molar-refractivity contribution in [3.8, 4) is 0 Å². The fraction of sp³-hybridized carbons (Fsp3) is 0.808. The quantitative estimate of drug-likeness (QED) is 0.558. The van der Waals surface area contributed by atoms with Crippen molar-refractivity contribution >= 4 is 5.78 Å². The third-order valence-corrected chi connectivity index (χ3v) is 6.94. The molecule has 202 valence electrons. The molecule has 3 atom stereocenters. The number of aromatic nitrogens is 2. The van der Waals surface area contributed by atoms with E-state index in [0.717, 1.165) is 5.92 Å². The summed E-state index contributed by atoms with van der Waals surface area (Å²) in [5.41, 5.74) is -2.48. The third kappa shape index (κ3) is 8.70. The molecule has 0 amide bonds. The van der Waals surface area contributed by atoms with E-state index < -0.39 is 22.7 Å². The summed E-state index contributed by atoms with van der Waals surface area (Å²) in [5, 5.41) is 5.87. The number of nitrogens with one attached hydrogen (secondary N) is 1. The molecule has 1 saturated heterocycles. The van der Waals surface area contributed by atoms with Crippen LogP contribution in [0.15, 0.2) is 4.79 Å². The van der Waals surface area contributed by atoms with E-state index in [1.165, 1.54) is 25.8 Å². The molecule has 2 aliphatic rings. The van der Waals surface area contributed by atoms with E-state index in [1.54, 1.807) is 6.92 Å². The Morgan fingerprint density at radius 2 is 1.89 bits per heavy atom. The number of ketones is 1. The Kier molecular flexibility index (Phi) is 12.1. The summed E-state index contributed by atoms with van der Waals surface area (Å²) in [6.07, 6.45) is 0.561. The van der Waals surface area contributed by atoms with Gasteiger partial charge in [-0.25, -0.2) is 5.10 Å². The van der Waals surface area contributed by atoms with Crippen LogP contribution in [0.1, 0.15) is 96.5 Å². The average Bonchev–Trinajstić information content (AvgIpc) is 3.36. The number of hydrogen-bond donors (Lipinski definition) is 1. The van der Waals surface area contributed by atoms with Crippen molar-refractivity contribution in [2.24, 2.45) is 11.3 Å². The second-order valence-corrected chi connectivity index (χ2v) is 10.5. The second kappa shape index (κ2) is 13.5. The van der Waals surface area contributed by atoms with Gasteiger partial charge in [-0.05, 0) is 71.3 Å². The predicted molar refractivity (Wildman–Crippen MR) is 134 cm³/mol. The van der Waals surface area contributed by atoms with Crippen LogP contribution in [0.5, 0.6) is 0 Å². The molecular weight excluding hydrogens is 457 g/mol. The highest BCUT2D eigenvalue weighted by molar-refractivity contribution is 5.82. The first-order valence-corrected chi connectivity index (χ1v) is 12.8. The molecule has 6 nitrogen and oxygen atoms in total. The van der Waals surface area contributed by atoms with Crippen molar-refractivity contribution in [2.45, 2.75) is 92.3 Å². The molecule has 0 radical (unpaired) electrons. The Morgan fingerprint density at radius 3 is 2.34 bits per heavy atom. The molecule has 1 aliphatic carbocycles. The van der Waals surface area contributed by atoms with Gasteiger partial charge in [-0.2, -0.15) is 18.3 Å². The van der Waals surface area contributed by atoms with Gasteiger partial charge in [0.15, 0.2) is 0 Å². The van der Waals surface area contributed by atoms with Crippen LogP contribution in [0.4, 0.5) is 13.2 Å². The zero-order valence-electron chi connectivity index (χ0n) is 22.8. The Labute approximate surface area is 208 Å². The summed E-state index contributed by atoms with van der Waals surface area (Å²) in [4.78, 5) is 27.6. The fourth-order valence-electron chi connectivity index (χ4n) is 4.33. The van der Waals surface area contributed by atoms with E-state index in [2.05, 4.69) is 51.8 Å². The maximum atomic E-state index is 13.1. The lowest BCUT2D eigenvalue weighted by atomic mass is 9.86. The lowest BCUT2D eigenvalue weighted by molar-refractivity contribution is -0.139. The lowest BCUT2D eigenvalue weighted by Gasteiger charge is -2.26. The van der Waals surface area contributed by atoms with E-state index in [4.69, 9.17) is 0 Å². The molecule has 1 N–H and O–H groups in total. The SMILES string of the molecule is CC(=O)C1(C)CCN(C2CCc3c2n[nH]c(=O)c3C(F)(F)F)C1.CCC.CC[C@@H](C)CCN(C)C. The molecule has 1 aromatic heterocycles. The van der Waals surface area contributed by atoms with Crippen LogP contribution < -0.4 is 5.56 Å². The second-order valence-electron chi connectivity index (χ2n) is 10.5. The van der Waals surface area contributed by atoms with E-state index >= 15 is 0 Å². The number of H-pyrrole nitrogens is 1. The highest BCUT2D eigenvalue weighted by Crippen LogP contribution is 2.43. The minimum atomic E-state index is -4.69. The van der Waals surface area contributed by atoms with Crippen molar-refractivity contribution in [3.05, 3.63) is 27.2 Å². The van der Waals surface area contributed by atoms with Gasteiger partial charge in [-0.15, -0.1) is 0 Å². The molecule has 9 heteroatoms. The van der Waals surface area contributed by atoms with Crippen LogP contribution in [0.3, 0.4) is 0 Å². The molecule has 35 heavy (non-hydrogen) atoms. The molecule has 0 spiro atoms. The normalized spacial score (nSPS) is 22.7. The summed E-state index contributed by atoms with van der Waals surface area (Å²) >= 11 is 0. The van der Waals surface area contributed by atoms with Crippen molar-refractivity contribution in [1.29, 1.82) is 0 Å². The van der Waals surface area contributed by atoms with Crippen LogP contribution in [0.2, 0.25) is 0 Å². The number of aromatic amines is 1. The minimum absolute atomic E-state index is 0.00248. The molecule has 0 bridgehead atoms. The topological polar surface area (TPSA) is 69.3 Å². The first kappa shape index (κ1) is 31.3. The molecule has 0 saturated carbocycles. The van der Waals surface area contributed by atoms with Gasteiger partial charge < -0.3 is 4.90 Å². The van der Waals surface area contributed by atoms with Gasteiger partial charge in [0.25, 0.3) is 5.56 Å². The average molecular weight is 503 g/mol. The summed E-state index contributed by atoms with van der Waals surface area (Å²) in [7, 11) is 4.25. The smallest absolute Gasteiger partial charge is 0.309 e. The van der Waals surface area contributed by atoms with Gasteiger partial charge >= 0.3 is 6.18 Å². The Hall–Kier alpha value is -1.74. The number of fused-ring (bicyclic) bond motifs is 1. The lowest BCUT2D eigenvalue weighted by Crippen LogP contribution is -2.33. The number of Topliss-reactive ketones (excluding diaryl/α,β-unsaturated/α-hetero) is 1. The van der Waals surface area contributed by atoms with E-state index in [1.807, 2.05) is 16.9 Å². The number of likely N-dealkylation sites (tertiary alicyclic amines) is 1. The van der Waals surface area contributed by atoms with Crippen LogP contribution in [0, 0.1) is 11.3 Å². The molecule has 0 aromatic carbocycles. The Bertz CT molecular complexity index is 869. The molecule has 1 aromatic rings. The first-order chi connectivity index (χ1) is 16.2. The van der Waals surface area contributed by atoms with Crippen molar-refractivity contribution in [3.63, 3.8) is 0 Å². The maximum Gasteiger partial charge on any atom is 0.422 e. The third-order valence-electron chi connectivity index (χ3n) is 6.94. The highest BCUT2D eigenvalue weighted by Gasteiger charge is 2.46. The predicted octanol–water partition coefficient (Wildman–Crippen LogP) is 5.48. The molecule has 3 rings (SSSR count). The van der Waals surface area contributed by atoms with Gasteiger partial charge in [-0.3, -0.25) is 14.5 Å². The fourth-order valence-corrected chi connectivity index (χ4v) is 4.33. The van der Waals surface area contributed by atoms with Crippen molar-refractivity contribution in [2.75, 3.05) is 33.7 Å². The van der Waals surface area contributed by atoms with Crippen LogP contribution in [-0.2, 0) is 17.4 Å². The molecule has 1 aliphatic heterocycles. The van der Waals surface area contributed by atoms with Crippen molar-refractivity contribution < 1.29 is 18.0 Å². The zero-order valence-corrected chi connectivity index (χ0v) is 22.8. The van der Waals surface area contributed by atoms with Crippen LogP contribution >= 0.6 is 0 Å². The van der Waals surface area contributed by atoms with E-state index in [9.17, 15) is 22.8 Å². The standard InChI is InChI=1S/C15H18F3N3O2.C8H19N.C3H8/c1-8(22)14(2)5-6-21(7-14)10-4-3-9-11(15(16,17)18)13(23)20-19-12(9)10;1-5-8(2)6-7-9(3)4;1-3-2/h10H,3-7H2,1-2H3,(H,20,23);8H,5-7H2,1-4H3;3H2,1-2H3/t;8-;/m.1./s1. The van der Waals surface area contributed by atoms with Crippen LogP contribution in [-0.4, -0.2) is 59.5 Å². The number of carbonyl (C=O) groups excluding carboxylic acids is 1. The van der Waals surface area contributed by atoms with Gasteiger partial charge in [0.05, 0.1) is 11.7 Å². The molecule has 2 unspecified atom stereocenters. The Balaban J connectivity index is 0.000000429. The Morgan fingerprint density at radius 1 is 1.29 bits per heavy atom. The molecule has 1 fully saturated rings. The highest BCUT2D eigenvalue weighted by atomic mass is 19.4. The van der Waals surface area contributed by atoms with Crippen LogP contribution in [0.25, 0.3) is 0 Å². The summed E-state index contributed by atoms with van der Waals surface area (Å²) in [6, 6.07) is -0.274. The number of alkyl halides is 3. The molecule has 2 heterocycles. The van der Waals surface area contributed by atoms with E-state index in [0.29, 0.717) is 31.6 Å². The monoisotopic (exact) mass is 502 g/mol. The van der Waals surface area contributed by atoms with Crippen molar-refractivity contribution in [1.82, 2.24) is 20.0 Å². The van der Waals surface area contributed by atoms with Gasteiger partial charge in [-0.1, -0.05) is 47.5 Å². The number of rotatable bonds is 6. The molecular formula is C26H45F3N4O2. The largest absolute Gasteiger partial charge is 0.422 e. The maximum absolute atomic E-state index is 13.1. The number of carbonyl (C=O) groups is 1. The first-order valence-electron chi connectivity index (χ1n) is 12.8. The minimum Gasteiger partial charge on any atom is -0.309 e. The van der Waals surface area contributed by atoms with Gasteiger partial charge in [0.1, 0.15) is 11.3 Å². The van der Waals surface area contributed by atoms with E-state index in [-0.39, 0.29) is 23.8 Å². The number of hydrogen-bond acceptors (Lipinski definition) is 5. The zero-order chi connectivity index (χ0) is 27.0.